The van der Waals surface area contributed by atoms with E-state index in [2.05, 4.69) is 28.8 Å². The van der Waals surface area contributed by atoms with E-state index in [1.807, 2.05) is 11.8 Å². The molecule has 1 aliphatic heterocycles. The summed E-state index contributed by atoms with van der Waals surface area (Å²) in [6.07, 6.45) is 6.71. The number of anilines is 1. The Labute approximate surface area is 140 Å². The number of hydrogen-bond acceptors (Lipinski definition) is 5. The van der Waals surface area contributed by atoms with Crippen molar-refractivity contribution in [1.82, 2.24) is 14.9 Å². The van der Waals surface area contributed by atoms with Gasteiger partial charge in [-0.2, -0.15) is 0 Å². The molecule has 0 bridgehead atoms. The largest absolute Gasteiger partial charge is 0.366 e. The normalized spacial score (nSPS) is 18.2. The predicted octanol–water partition coefficient (Wildman–Crippen LogP) is 3.61. The van der Waals surface area contributed by atoms with Gasteiger partial charge in [0.1, 0.15) is 17.0 Å². The van der Waals surface area contributed by atoms with Crippen molar-refractivity contribution in [2.24, 2.45) is 0 Å². The fourth-order valence-electron chi connectivity index (χ4n) is 3.11. The fourth-order valence-corrected chi connectivity index (χ4v) is 4.21. The molecule has 1 N–H and O–H groups in total. The Morgan fingerprint density at radius 1 is 1.52 bits per heavy atom. The molecule has 3 rings (SSSR count). The second-order valence-corrected chi connectivity index (χ2v) is 6.97. The van der Waals surface area contributed by atoms with Crippen LogP contribution in [0.5, 0.6) is 0 Å². The number of carbonyl (C=O) groups is 1. The highest BCUT2D eigenvalue weighted by Crippen LogP contribution is 2.34. The first kappa shape index (κ1) is 15.9. The minimum atomic E-state index is 0.132. The zero-order valence-electron chi connectivity index (χ0n) is 13.6. The van der Waals surface area contributed by atoms with E-state index in [1.54, 1.807) is 12.4 Å². The van der Waals surface area contributed by atoms with Crippen molar-refractivity contribution in [2.75, 3.05) is 18.4 Å². The van der Waals surface area contributed by atoms with Crippen LogP contribution in [-0.4, -0.2) is 39.9 Å². The number of hydrogen-bond donors (Lipinski definition) is 1. The summed E-state index contributed by atoms with van der Waals surface area (Å²) in [6, 6.07) is 0.310. The lowest BCUT2D eigenvalue weighted by molar-refractivity contribution is 0.0640. The molecule has 3 heterocycles. The van der Waals surface area contributed by atoms with E-state index in [9.17, 15) is 4.79 Å². The molecular formula is C17H22N4OS. The van der Waals surface area contributed by atoms with Crippen LogP contribution >= 0.6 is 11.3 Å². The Morgan fingerprint density at radius 3 is 3.09 bits per heavy atom. The van der Waals surface area contributed by atoms with Crippen molar-refractivity contribution < 1.29 is 4.79 Å². The first-order chi connectivity index (χ1) is 11.1. The summed E-state index contributed by atoms with van der Waals surface area (Å²) in [4.78, 5) is 25.3. The highest BCUT2D eigenvalue weighted by atomic mass is 32.1. The van der Waals surface area contributed by atoms with Crippen LogP contribution < -0.4 is 5.32 Å². The van der Waals surface area contributed by atoms with Gasteiger partial charge < -0.3 is 10.2 Å². The molecule has 122 valence electrons. The Bertz CT molecular complexity index is 740. The lowest BCUT2D eigenvalue weighted by Crippen LogP contribution is -2.41. The SMILES string of the molecule is C=CCNc1ncnc2sc(C(=O)N3CCCC[C@@H]3C)c(C)c12. The lowest BCUT2D eigenvalue weighted by Gasteiger charge is -2.33. The second kappa shape index (κ2) is 6.66. The summed E-state index contributed by atoms with van der Waals surface area (Å²) in [5.41, 5.74) is 0.972. The maximum atomic E-state index is 13.0. The summed E-state index contributed by atoms with van der Waals surface area (Å²) in [6.45, 7) is 9.32. The van der Waals surface area contributed by atoms with Crippen molar-refractivity contribution in [3.63, 3.8) is 0 Å². The van der Waals surface area contributed by atoms with Gasteiger partial charge in [-0.3, -0.25) is 4.79 Å². The van der Waals surface area contributed by atoms with Gasteiger partial charge in [0.2, 0.25) is 0 Å². The summed E-state index contributed by atoms with van der Waals surface area (Å²) in [7, 11) is 0. The number of aryl methyl sites for hydroxylation is 1. The highest BCUT2D eigenvalue weighted by Gasteiger charge is 2.28. The van der Waals surface area contributed by atoms with Gasteiger partial charge in [-0.25, -0.2) is 9.97 Å². The average molecular weight is 330 g/mol. The third-order valence-corrected chi connectivity index (χ3v) is 5.59. The van der Waals surface area contributed by atoms with Crippen LogP contribution in [0.2, 0.25) is 0 Å². The first-order valence-corrected chi connectivity index (χ1v) is 8.85. The molecule has 0 aliphatic carbocycles. The minimum Gasteiger partial charge on any atom is -0.366 e. The zero-order valence-corrected chi connectivity index (χ0v) is 14.4. The van der Waals surface area contributed by atoms with Gasteiger partial charge in [0, 0.05) is 19.1 Å². The number of fused-ring (bicyclic) bond motifs is 1. The van der Waals surface area contributed by atoms with Crippen molar-refractivity contribution >= 4 is 33.3 Å². The standard InChI is InChI=1S/C17H22N4OS/c1-4-8-18-15-13-12(3)14(23-16(13)20-10-19-15)17(22)21-9-6-5-7-11(21)2/h4,10-11H,1,5-9H2,2-3H3,(H,18,19,20)/t11-/m0/s1. The lowest BCUT2D eigenvalue weighted by atomic mass is 10.0. The smallest absolute Gasteiger partial charge is 0.264 e. The van der Waals surface area contributed by atoms with E-state index in [-0.39, 0.29) is 5.91 Å². The number of rotatable bonds is 4. The van der Waals surface area contributed by atoms with E-state index in [4.69, 9.17) is 0 Å². The summed E-state index contributed by atoms with van der Waals surface area (Å²) in [5.74, 6) is 0.904. The molecule has 1 amide bonds. The molecular weight excluding hydrogens is 308 g/mol. The predicted molar refractivity (Wildman–Crippen MR) is 95.2 cm³/mol. The van der Waals surface area contributed by atoms with Crippen LogP contribution in [0.15, 0.2) is 19.0 Å². The molecule has 2 aromatic heterocycles. The van der Waals surface area contributed by atoms with Gasteiger partial charge in [-0.15, -0.1) is 17.9 Å². The zero-order chi connectivity index (χ0) is 16.4. The van der Waals surface area contributed by atoms with Gasteiger partial charge in [-0.1, -0.05) is 6.08 Å². The van der Waals surface area contributed by atoms with E-state index >= 15 is 0 Å². The van der Waals surface area contributed by atoms with Gasteiger partial charge in [-0.05, 0) is 38.7 Å². The van der Waals surface area contributed by atoms with Gasteiger partial charge in [0.25, 0.3) is 5.91 Å². The second-order valence-electron chi connectivity index (χ2n) is 5.97. The van der Waals surface area contributed by atoms with Gasteiger partial charge in [0.05, 0.1) is 10.3 Å². The number of amides is 1. The maximum Gasteiger partial charge on any atom is 0.264 e. The van der Waals surface area contributed by atoms with Crippen molar-refractivity contribution in [2.45, 2.75) is 39.2 Å². The fraction of sp³-hybridized carbons (Fsp3) is 0.471. The van der Waals surface area contributed by atoms with E-state index < -0.39 is 0 Å². The van der Waals surface area contributed by atoms with Crippen molar-refractivity contribution in [3.05, 3.63) is 29.4 Å². The van der Waals surface area contributed by atoms with Crippen LogP contribution in [0.25, 0.3) is 10.2 Å². The van der Waals surface area contributed by atoms with Crippen LogP contribution in [0.3, 0.4) is 0 Å². The van der Waals surface area contributed by atoms with Crippen LogP contribution in [0.4, 0.5) is 5.82 Å². The molecule has 0 aromatic carbocycles. The van der Waals surface area contributed by atoms with Crippen LogP contribution in [0.1, 0.15) is 41.4 Å². The number of nitrogens with one attached hydrogen (secondary N) is 1. The Morgan fingerprint density at radius 2 is 2.35 bits per heavy atom. The molecule has 1 aliphatic rings. The maximum absolute atomic E-state index is 13.0. The molecule has 5 nitrogen and oxygen atoms in total. The quantitative estimate of drug-likeness (QED) is 0.870. The summed E-state index contributed by atoms with van der Waals surface area (Å²) >= 11 is 1.47. The Hall–Kier alpha value is -1.95. The summed E-state index contributed by atoms with van der Waals surface area (Å²) < 4.78 is 0. The van der Waals surface area contributed by atoms with Crippen molar-refractivity contribution in [3.8, 4) is 0 Å². The summed E-state index contributed by atoms with van der Waals surface area (Å²) in [5, 5.41) is 4.18. The van der Waals surface area contributed by atoms with Gasteiger partial charge in [0.15, 0.2) is 0 Å². The third kappa shape index (κ3) is 2.95. The number of likely N-dealkylation sites (tertiary alicyclic amines) is 1. The third-order valence-electron chi connectivity index (χ3n) is 4.40. The number of thiophene rings is 1. The van der Waals surface area contributed by atoms with E-state index in [1.165, 1.54) is 17.8 Å². The molecule has 0 radical (unpaired) electrons. The molecule has 2 aromatic rings. The van der Waals surface area contributed by atoms with Gasteiger partial charge >= 0.3 is 0 Å². The number of nitrogens with zero attached hydrogens (tertiary/aromatic N) is 3. The molecule has 1 fully saturated rings. The average Bonchev–Trinajstić information content (AvgIpc) is 2.90. The monoisotopic (exact) mass is 330 g/mol. The van der Waals surface area contributed by atoms with Crippen molar-refractivity contribution in [1.29, 1.82) is 0 Å². The molecule has 0 spiro atoms. The van der Waals surface area contributed by atoms with E-state index in [0.717, 1.165) is 45.9 Å². The molecule has 1 atom stereocenters. The Kier molecular flexibility index (Phi) is 4.61. The molecule has 6 heteroatoms. The van der Waals surface area contributed by atoms with Crippen LogP contribution in [-0.2, 0) is 0 Å². The number of piperidine rings is 1. The van der Waals surface area contributed by atoms with E-state index in [0.29, 0.717) is 12.6 Å². The topological polar surface area (TPSA) is 58.1 Å². The Balaban J connectivity index is 2.00. The minimum absolute atomic E-state index is 0.132. The number of aromatic nitrogens is 2. The molecule has 0 unspecified atom stereocenters. The molecule has 1 saturated heterocycles. The number of carbonyl (C=O) groups excluding carboxylic acids is 1. The molecule has 23 heavy (non-hydrogen) atoms. The molecule has 0 saturated carbocycles. The highest BCUT2D eigenvalue weighted by molar-refractivity contribution is 7.20. The van der Waals surface area contributed by atoms with Crippen LogP contribution in [0, 0.1) is 6.92 Å². The first-order valence-electron chi connectivity index (χ1n) is 8.03.